The zero-order chi connectivity index (χ0) is 11.4. The second-order valence-corrected chi connectivity index (χ2v) is 3.46. The van der Waals surface area contributed by atoms with Gasteiger partial charge in [0, 0.05) is 12.5 Å². The van der Waals surface area contributed by atoms with E-state index in [2.05, 4.69) is 4.98 Å². The Balaban J connectivity index is 2.21. The van der Waals surface area contributed by atoms with Crippen LogP contribution in [0.2, 0.25) is 0 Å². The molecule has 2 rings (SSSR count). The molecule has 0 aliphatic rings. The number of benzene rings is 1. The third-order valence-corrected chi connectivity index (χ3v) is 2.23. The average Bonchev–Trinajstić information content (AvgIpc) is 2.29. The predicted octanol–water partition coefficient (Wildman–Crippen LogP) is 1.84. The van der Waals surface area contributed by atoms with E-state index in [1.54, 1.807) is 13.3 Å². The summed E-state index contributed by atoms with van der Waals surface area (Å²) >= 11 is 0. The predicted molar refractivity (Wildman–Crippen MR) is 63.5 cm³/mol. The largest absolute Gasteiger partial charge is 0.491 e. The molecular formula is C12H14N2O2. The van der Waals surface area contributed by atoms with Gasteiger partial charge in [-0.2, -0.15) is 0 Å². The maximum absolute atomic E-state index is 5.67. The van der Waals surface area contributed by atoms with Gasteiger partial charge in [0.2, 0.25) is 0 Å². The van der Waals surface area contributed by atoms with Gasteiger partial charge >= 0.3 is 0 Å². The van der Waals surface area contributed by atoms with E-state index < -0.39 is 0 Å². The fraction of sp³-hybridized carbons (Fsp3) is 0.250. The highest BCUT2D eigenvalue weighted by Gasteiger charge is 1.99. The van der Waals surface area contributed by atoms with E-state index in [0.29, 0.717) is 18.9 Å². The second kappa shape index (κ2) is 4.81. The monoisotopic (exact) mass is 218 g/mol. The van der Waals surface area contributed by atoms with Crippen molar-refractivity contribution in [1.82, 2.24) is 4.98 Å². The molecule has 0 fully saturated rings. The van der Waals surface area contributed by atoms with Crippen molar-refractivity contribution >= 4 is 16.6 Å². The van der Waals surface area contributed by atoms with Crippen LogP contribution in [0.4, 0.5) is 5.69 Å². The smallest absolute Gasteiger partial charge is 0.120 e. The first-order chi connectivity index (χ1) is 7.79. The van der Waals surface area contributed by atoms with Crippen LogP contribution in [0.15, 0.2) is 30.5 Å². The third-order valence-electron chi connectivity index (χ3n) is 2.23. The summed E-state index contributed by atoms with van der Waals surface area (Å²) < 4.78 is 10.4. The van der Waals surface area contributed by atoms with Crippen molar-refractivity contribution in [3.63, 3.8) is 0 Å². The van der Waals surface area contributed by atoms with Gasteiger partial charge in [0.1, 0.15) is 12.4 Å². The Morgan fingerprint density at radius 2 is 2.12 bits per heavy atom. The second-order valence-electron chi connectivity index (χ2n) is 3.46. The Morgan fingerprint density at radius 1 is 1.25 bits per heavy atom. The van der Waals surface area contributed by atoms with E-state index in [1.807, 2.05) is 24.3 Å². The van der Waals surface area contributed by atoms with Gasteiger partial charge in [-0.25, -0.2) is 0 Å². The van der Waals surface area contributed by atoms with Gasteiger partial charge in [0.25, 0.3) is 0 Å². The van der Waals surface area contributed by atoms with Crippen LogP contribution < -0.4 is 10.5 Å². The van der Waals surface area contributed by atoms with Gasteiger partial charge in [0.15, 0.2) is 0 Å². The van der Waals surface area contributed by atoms with Crippen LogP contribution in [0.5, 0.6) is 5.75 Å². The number of rotatable bonds is 4. The molecule has 4 nitrogen and oxygen atoms in total. The zero-order valence-electron chi connectivity index (χ0n) is 9.14. The number of hydrogen-bond donors (Lipinski definition) is 1. The lowest BCUT2D eigenvalue weighted by atomic mass is 10.2. The molecule has 0 saturated heterocycles. The van der Waals surface area contributed by atoms with E-state index >= 15 is 0 Å². The van der Waals surface area contributed by atoms with E-state index in [1.165, 1.54) is 0 Å². The first-order valence-corrected chi connectivity index (χ1v) is 5.06. The van der Waals surface area contributed by atoms with Gasteiger partial charge in [-0.15, -0.1) is 0 Å². The van der Waals surface area contributed by atoms with Crippen molar-refractivity contribution in [2.45, 2.75) is 0 Å². The number of methoxy groups -OCH3 is 1. The average molecular weight is 218 g/mol. The van der Waals surface area contributed by atoms with Crippen molar-refractivity contribution in [2.75, 3.05) is 26.1 Å². The Morgan fingerprint density at radius 3 is 2.94 bits per heavy atom. The SMILES string of the molecule is COCCOc1ccc2ncc(N)cc2c1. The van der Waals surface area contributed by atoms with Crippen molar-refractivity contribution in [1.29, 1.82) is 0 Å². The summed E-state index contributed by atoms with van der Waals surface area (Å²) in [6.45, 7) is 1.12. The molecule has 0 bridgehead atoms. The summed E-state index contributed by atoms with van der Waals surface area (Å²) in [5.74, 6) is 0.803. The van der Waals surface area contributed by atoms with Crippen molar-refractivity contribution in [3.05, 3.63) is 30.5 Å². The quantitative estimate of drug-likeness (QED) is 0.795. The summed E-state index contributed by atoms with van der Waals surface area (Å²) in [5, 5.41) is 0.981. The Labute approximate surface area is 94.0 Å². The molecule has 0 unspecified atom stereocenters. The maximum Gasteiger partial charge on any atom is 0.120 e. The van der Waals surface area contributed by atoms with E-state index in [0.717, 1.165) is 16.7 Å². The number of hydrogen-bond acceptors (Lipinski definition) is 4. The number of ether oxygens (including phenoxy) is 2. The van der Waals surface area contributed by atoms with E-state index in [-0.39, 0.29) is 0 Å². The maximum atomic E-state index is 5.67. The third kappa shape index (κ3) is 2.41. The topological polar surface area (TPSA) is 57.4 Å². The van der Waals surface area contributed by atoms with Gasteiger partial charge in [0.05, 0.1) is 24.0 Å². The van der Waals surface area contributed by atoms with Gasteiger partial charge < -0.3 is 15.2 Å². The molecule has 1 heterocycles. The number of fused-ring (bicyclic) bond motifs is 1. The van der Waals surface area contributed by atoms with Crippen LogP contribution in [0.3, 0.4) is 0 Å². The van der Waals surface area contributed by atoms with Gasteiger partial charge in [-0.1, -0.05) is 0 Å². The lowest BCUT2D eigenvalue weighted by Gasteiger charge is -2.06. The highest BCUT2D eigenvalue weighted by Crippen LogP contribution is 2.20. The minimum atomic E-state index is 0.539. The molecule has 0 radical (unpaired) electrons. The van der Waals surface area contributed by atoms with Crippen LogP contribution in [0, 0.1) is 0 Å². The molecule has 0 spiro atoms. The minimum Gasteiger partial charge on any atom is -0.491 e. The van der Waals surface area contributed by atoms with Crippen LogP contribution in [0.25, 0.3) is 10.9 Å². The van der Waals surface area contributed by atoms with Gasteiger partial charge in [-0.3, -0.25) is 4.98 Å². The number of pyridine rings is 1. The van der Waals surface area contributed by atoms with Gasteiger partial charge in [-0.05, 0) is 24.3 Å². The molecule has 0 aliphatic carbocycles. The first kappa shape index (κ1) is 10.7. The van der Waals surface area contributed by atoms with E-state index in [9.17, 15) is 0 Å². The molecular weight excluding hydrogens is 204 g/mol. The fourth-order valence-corrected chi connectivity index (χ4v) is 1.46. The molecule has 2 aromatic rings. The minimum absolute atomic E-state index is 0.539. The molecule has 4 heteroatoms. The molecule has 0 saturated carbocycles. The number of anilines is 1. The van der Waals surface area contributed by atoms with Crippen LogP contribution in [0.1, 0.15) is 0 Å². The summed E-state index contributed by atoms with van der Waals surface area (Å²) in [7, 11) is 1.65. The first-order valence-electron chi connectivity index (χ1n) is 5.06. The summed E-state index contributed by atoms with van der Waals surface area (Å²) in [5.41, 5.74) is 7.24. The summed E-state index contributed by atoms with van der Waals surface area (Å²) in [6, 6.07) is 7.61. The number of aromatic nitrogens is 1. The molecule has 0 amide bonds. The van der Waals surface area contributed by atoms with E-state index in [4.69, 9.17) is 15.2 Å². The van der Waals surface area contributed by atoms with Crippen molar-refractivity contribution in [3.8, 4) is 5.75 Å². The Bertz CT molecular complexity index is 485. The molecule has 16 heavy (non-hydrogen) atoms. The van der Waals surface area contributed by atoms with Crippen LogP contribution in [-0.2, 0) is 4.74 Å². The highest BCUT2D eigenvalue weighted by atomic mass is 16.5. The molecule has 0 aliphatic heterocycles. The summed E-state index contributed by atoms with van der Waals surface area (Å²) in [6.07, 6.45) is 1.65. The molecule has 1 aromatic heterocycles. The Kier molecular flexibility index (Phi) is 3.22. The number of nitrogens with zero attached hydrogens (tertiary/aromatic N) is 1. The number of nitrogen functional groups attached to an aromatic ring is 1. The fourth-order valence-electron chi connectivity index (χ4n) is 1.46. The molecule has 0 atom stereocenters. The highest BCUT2D eigenvalue weighted by molar-refractivity contribution is 5.82. The number of nitrogens with two attached hydrogens (primary N) is 1. The standard InChI is InChI=1S/C12H14N2O2/c1-15-4-5-16-11-2-3-12-9(7-11)6-10(13)8-14-12/h2-3,6-8H,4-5,13H2,1H3. The van der Waals surface area contributed by atoms with Crippen molar-refractivity contribution in [2.24, 2.45) is 0 Å². The van der Waals surface area contributed by atoms with Crippen molar-refractivity contribution < 1.29 is 9.47 Å². The Hall–Kier alpha value is -1.81. The molecule has 1 aromatic carbocycles. The zero-order valence-corrected chi connectivity index (χ0v) is 9.14. The normalized spacial score (nSPS) is 10.6. The van der Waals surface area contributed by atoms with Crippen LogP contribution >= 0.6 is 0 Å². The lowest BCUT2D eigenvalue weighted by molar-refractivity contribution is 0.146. The molecule has 2 N–H and O–H groups in total. The summed E-state index contributed by atoms with van der Waals surface area (Å²) in [4.78, 5) is 4.21. The van der Waals surface area contributed by atoms with Crippen LogP contribution in [-0.4, -0.2) is 25.3 Å². The lowest BCUT2D eigenvalue weighted by Crippen LogP contribution is -2.04. The molecule has 84 valence electrons.